The third-order valence-electron chi connectivity index (χ3n) is 4.39. The summed E-state index contributed by atoms with van der Waals surface area (Å²) in [6.07, 6.45) is 2.84. The van der Waals surface area contributed by atoms with Crippen LogP contribution in [0.4, 0.5) is 0 Å². The van der Waals surface area contributed by atoms with E-state index in [9.17, 15) is 4.79 Å². The minimum Gasteiger partial charge on any atom is -0.494 e. The van der Waals surface area contributed by atoms with Gasteiger partial charge < -0.3 is 18.9 Å². The maximum atomic E-state index is 11.9. The molecule has 0 aliphatic rings. The highest BCUT2D eigenvalue weighted by atomic mass is 16.5. The highest BCUT2D eigenvalue weighted by Crippen LogP contribution is 2.33. The van der Waals surface area contributed by atoms with Crippen LogP contribution < -0.4 is 18.9 Å². The van der Waals surface area contributed by atoms with Crippen LogP contribution in [0.15, 0.2) is 48.5 Å². The van der Waals surface area contributed by atoms with Gasteiger partial charge in [-0.3, -0.25) is 4.79 Å². The Bertz CT molecular complexity index is 967. The first-order valence-corrected chi connectivity index (χ1v) is 9.64. The molecule has 0 unspecified atom stereocenters. The maximum Gasteiger partial charge on any atom is 0.328 e. The highest BCUT2D eigenvalue weighted by molar-refractivity contribution is 5.91. The van der Waals surface area contributed by atoms with Gasteiger partial charge in [0.2, 0.25) is 11.8 Å². The lowest BCUT2D eigenvalue weighted by Crippen LogP contribution is -2.00. The number of carbonyl (C=O) groups is 1. The number of benzene rings is 2. The lowest BCUT2D eigenvalue weighted by molar-refractivity contribution is 0.112. The van der Waals surface area contributed by atoms with Gasteiger partial charge >= 0.3 is 6.01 Å². The van der Waals surface area contributed by atoms with E-state index in [2.05, 4.69) is 16.9 Å². The fourth-order valence-corrected chi connectivity index (χ4v) is 2.81. The van der Waals surface area contributed by atoms with Crippen LogP contribution in [0.3, 0.4) is 0 Å². The summed E-state index contributed by atoms with van der Waals surface area (Å²) in [6, 6.07) is 14.5. The Kier molecular flexibility index (Phi) is 7.21. The van der Waals surface area contributed by atoms with E-state index in [0.717, 1.165) is 36.0 Å². The number of rotatable bonds is 10. The average Bonchev–Trinajstić information content (AvgIpc) is 2.79. The molecule has 156 valence electrons. The predicted molar refractivity (Wildman–Crippen MR) is 113 cm³/mol. The van der Waals surface area contributed by atoms with Crippen molar-refractivity contribution in [2.24, 2.45) is 0 Å². The summed E-state index contributed by atoms with van der Waals surface area (Å²) in [7, 11) is 2.97. The third-order valence-corrected chi connectivity index (χ3v) is 4.39. The molecule has 3 rings (SSSR count). The molecule has 2 aromatic carbocycles. The third kappa shape index (κ3) is 5.05. The van der Waals surface area contributed by atoms with Gasteiger partial charge in [0.1, 0.15) is 11.5 Å². The van der Waals surface area contributed by atoms with Crippen molar-refractivity contribution < 1.29 is 23.7 Å². The van der Waals surface area contributed by atoms with Crippen molar-refractivity contribution in [2.75, 3.05) is 20.8 Å². The molecule has 0 saturated carbocycles. The van der Waals surface area contributed by atoms with Crippen molar-refractivity contribution >= 4 is 6.29 Å². The van der Waals surface area contributed by atoms with Gasteiger partial charge in [0.15, 0.2) is 6.29 Å². The topological polar surface area (TPSA) is 79.8 Å². The number of aldehydes is 1. The van der Waals surface area contributed by atoms with Crippen LogP contribution in [0.5, 0.6) is 29.3 Å². The number of hydrogen-bond acceptors (Lipinski definition) is 7. The number of aromatic nitrogens is 2. The minimum atomic E-state index is 0.0196. The van der Waals surface area contributed by atoms with Gasteiger partial charge in [-0.25, -0.2) is 0 Å². The first kappa shape index (κ1) is 21.1. The zero-order chi connectivity index (χ0) is 21.3. The number of carbonyl (C=O) groups excluding carboxylic acids is 1. The van der Waals surface area contributed by atoms with E-state index in [4.69, 9.17) is 18.9 Å². The predicted octanol–water partition coefficient (Wildman–Crippen LogP) is 4.94. The van der Waals surface area contributed by atoms with Crippen LogP contribution in [0.1, 0.15) is 30.1 Å². The van der Waals surface area contributed by atoms with Crippen molar-refractivity contribution in [3.8, 4) is 40.4 Å². The van der Waals surface area contributed by atoms with Crippen molar-refractivity contribution in [1.29, 1.82) is 0 Å². The summed E-state index contributed by atoms with van der Waals surface area (Å²) in [5, 5.41) is 0. The molecule has 0 atom stereocenters. The van der Waals surface area contributed by atoms with E-state index in [0.29, 0.717) is 29.7 Å². The van der Waals surface area contributed by atoms with Crippen molar-refractivity contribution in [1.82, 2.24) is 9.97 Å². The molecule has 0 bridgehead atoms. The fourth-order valence-electron chi connectivity index (χ4n) is 2.81. The summed E-state index contributed by atoms with van der Waals surface area (Å²) in [5.74, 6) is 1.71. The molecule has 0 aliphatic heterocycles. The number of unbranched alkanes of at least 4 members (excludes halogenated alkanes) is 1. The molecule has 0 amide bonds. The fraction of sp³-hybridized carbons (Fsp3) is 0.261. The van der Waals surface area contributed by atoms with Gasteiger partial charge in [0.25, 0.3) is 0 Å². The Balaban J connectivity index is 1.89. The van der Waals surface area contributed by atoms with Crippen molar-refractivity contribution in [3.05, 3.63) is 54.1 Å². The monoisotopic (exact) mass is 408 g/mol. The number of methoxy groups -OCH3 is 2. The molecule has 0 radical (unpaired) electrons. The van der Waals surface area contributed by atoms with Crippen LogP contribution in [0, 0.1) is 0 Å². The van der Waals surface area contributed by atoms with Crippen molar-refractivity contribution in [3.63, 3.8) is 0 Å². The highest BCUT2D eigenvalue weighted by Gasteiger charge is 2.14. The number of nitrogens with zero attached hydrogens (tertiary/aromatic N) is 2. The second kappa shape index (κ2) is 10.2. The molecule has 30 heavy (non-hydrogen) atoms. The van der Waals surface area contributed by atoms with Gasteiger partial charge in [-0.15, -0.1) is 0 Å². The summed E-state index contributed by atoms with van der Waals surface area (Å²) in [5.41, 5.74) is 1.99. The molecular weight excluding hydrogens is 384 g/mol. The zero-order valence-electron chi connectivity index (χ0n) is 17.3. The molecule has 7 nitrogen and oxygen atoms in total. The quantitative estimate of drug-likeness (QED) is 0.347. The van der Waals surface area contributed by atoms with Crippen LogP contribution in [-0.4, -0.2) is 37.1 Å². The summed E-state index contributed by atoms with van der Waals surface area (Å²) in [6.45, 7) is 2.80. The maximum absolute atomic E-state index is 11.9. The van der Waals surface area contributed by atoms with Gasteiger partial charge in [0.05, 0.1) is 32.5 Å². The second-order valence-electron chi connectivity index (χ2n) is 6.40. The molecule has 1 aromatic heterocycles. The zero-order valence-corrected chi connectivity index (χ0v) is 17.3. The summed E-state index contributed by atoms with van der Waals surface area (Å²) in [4.78, 5) is 20.2. The van der Waals surface area contributed by atoms with Gasteiger partial charge in [-0.05, 0) is 35.7 Å². The Labute approximate surface area is 175 Å². The molecule has 3 aromatic rings. The Hall–Kier alpha value is -3.61. The standard InChI is InChI=1S/C23H24N2O5/c1-4-5-13-29-17-11-9-16(10-12-17)18-7-6-8-20(19(18)15-26)30-23-24-21(27-2)14-22(25-23)28-3/h6-12,14-15H,4-5,13H2,1-3H3. The van der Waals surface area contributed by atoms with Gasteiger partial charge in [-0.2, -0.15) is 9.97 Å². The molecule has 0 aliphatic carbocycles. The summed E-state index contributed by atoms with van der Waals surface area (Å²) >= 11 is 0. The van der Waals surface area contributed by atoms with Crippen LogP contribution >= 0.6 is 0 Å². The van der Waals surface area contributed by atoms with Crippen molar-refractivity contribution in [2.45, 2.75) is 19.8 Å². The van der Waals surface area contributed by atoms with Crippen LogP contribution in [-0.2, 0) is 0 Å². The number of ether oxygens (including phenoxy) is 4. The Morgan fingerprint density at radius 3 is 2.27 bits per heavy atom. The molecule has 1 heterocycles. The lowest BCUT2D eigenvalue weighted by atomic mass is 9.99. The first-order valence-electron chi connectivity index (χ1n) is 9.64. The first-order chi connectivity index (χ1) is 14.7. The lowest BCUT2D eigenvalue weighted by Gasteiger charge is -2.12. The second-order valence-corrected chi connectivity index (χ2v) is 6.40. The Morgan fingerprint density at radius 2 is 1.67 bits per heavy atom. The van der Waals surface area contributed by atoms with E-state index >= 15 is 0 Å². The number of hydrogen-bond donors (Lipinski definition) is 0. The minimum absolute atomic E-state index is 0.0196. The smallest absolute Gasteiger partial charge is 0.328 e. The van der Waals surface area contributed by atoms with E-state index < -0.39 is 0 Å². The van der Waals surface area contributed by atoms with Gasteiger partial charge in [0, 0.05) is 0 Å². The van der Waals surface area contributed by atoms with E-state index in [1.807, 2.05) is 30.3 Å². The van der Waals surface area contributed by atoms with Gasteiger partial charge in [-0.1, -0.05) is 37.6 Å². The van der Waals surface area contributed by atoms with E-state index in [-0.39, 0.29) is 6.01 Å². The average molecular weight is 408 g/mol. The largest absolute Gasteiger partial charge is 0.494 e. The molecule has 0 N–H and O–H groups in total. The van der Waals surface area contributed by atoms with Crippen LogP contribution in [0.25, 0.3) is 11.1 Å². The molecular formula is C23H24N2O5. The van der Waals surface area contributed by atoms with E-state index in [1.54, 1.807) is 12.1 Å². The van der Waals surface area contributed by atoms with Crippen LogP contribution in [0.2, 0.25) is 0 Å². The summed E-state index contributed by atoms with van der Waals surface area (Å²) < 4.78 is 21.8. The SMILES string of the molecule is CCCCOc1ccc(-c2cccc(Oc3nc(OC)cc(OC)n3)c2C=O)cc1. The van der Waals surface area contributed by atoms with E-state index in [1.165, 1.54) is 20.3 Å². The molecule has 7 heteroatoms. The molecule has 0 fully saturated rings. The Morgan fingerprint density at radius 1 is 0.967 bits per heavy atom. The normalized spacial score (nSPS) is 10.4. The molecule has 0 saturated heterocycles. The molecule has 0 spiro atoms.